The second-order valence-corrected chi connectivity index (χ2v) is 8.86. The molecule has 3 heteroatoms. The molecule has 32 heavy (non-hydrogen) atoms. The number of anilines is 2. The lowest BCUT2D eigenvalue weighted by atomic mass is 9.80. The average Bonchev–Trinajstić information content (AvgIpc) is 2.84. The molecule has 1 aliphatic heterocycles. The summed E-state index contributed by atoms with van der Waals surface area (Å²) in [5, 5.41) is 3.74. The van der Waals surface area contributed by atoms with Gasteiger partial charge in [0.15, 0.2) is 0 Å². The van der Waals surface area contributed by atoms with E-state index in [0.29, 0.717) is 0 Å². The Morgan fingerprint density at radius 3 is 2.28 bits per heavy atom. The van der Waals surface area contributed by atoms with Crippen LogP contribution in [0.2, 0.25) is 0 Å². The first-order valence-corrected chi connectivity index (χ1v) is 12.0. The minimum absolute atomic E-state index is 0.0938. The normalized spacial score (nSPS) is 20.0. The van der Waals surface area contributed by atoms with Gasteiger partial charge in [-0.2, -0.15) is 0 Å². The Bertz CT molecular complexity index is 1030. The van der Waals surface area contributed by atoms with Gasteiger partial charge in [0.25, 0.3) is 5.91 Å². The highest BCUT2D eigenvalue weighted by Crippen LogP contribution is 2.43. The number of para-hydroxylation sites is 2. The highest BCUT2D eigenvalue weighted by Gasteiger charge is 2.40. The lowest BCUT2D eigenvalue weighted by Crippen LogP contribution is -2.50. The van der Waals surface area contributed by atoms with Gasteiger partial charge in [0, 0.05) is 28.9 Å². The number of aryl methyl sites for hydroxylation is 1. The molecule has 0 aliphatic carbocycles. The van der Waals surface area contributed by atoms with Crippen molar-refractivity contribution in [2.24, 2.45) is 5.92 Å². The van der Waals surface area contributed by atoms with E-state index in [1.54, 1.807) is 0 Å². The molecule has 0 radical (unpaired) electrons. The molecule has 3 aromatic rings. The number of hydrogen-bond donors (Lipinski definition) is 1. The van der Waals surface area contributed by atoms with Crippen LogP contribution in [-0.4, -0.2) is 11.9 Å². The molecule has 1 amide bonds. The van der Waals surface area contributed by atoms with Crippen LogP contribution in [0, 0.1) is 5.92 Å². The van der Waals surface area contributed by atoms with Crippen molar-refractivity contribution >= 4 is 17.3 Å². The standard InChI is InChI=1S/C29H34N2O/c1-4-6-12-22-17-19-23(20-18-22)29(32)31-26(5-2)21(3)28(25-15-10-11-16-27(25)31)30-24-13-8-7-9-14-24/h7-11,13-21,26,28,30H,4-6,12H2,1-3H3/t21-,26?,28?/m1/s1. The van der Waals surface area contributed by atoms with Gasteiger partial charge in [-0.25, -0.2) is 0 Å². The molecular formula is C29H34N2O. The SMILES string of the molecule is CCCCc1ccc(C(=O)N2c3ccccc3C(Nc3ccccc3)[C@H](C)C2CC)cc1. The van der Waals surface area contributed by atoms with Gasteiger partial charge >= 0.3 is 0 Å². The summed E-state index contributed by atoms with van der Waals surface area (Å²) in [4.78, 5) is 15.8. The van der Waals surface area contributed by atoms with E-state index in [-0.39, 0.29) is 23.9 Å². The first kappa shape index (κ1) is 22.1. The Morgan fingerprint density at radius 1 is 0.906 bits per heavy atom. The molecule has 0 fully saturated rings. The molecule has 0 aromatic heterocycles. The molecular weight excluding hydrogens is 392 g/mol. The van der Waals surface area contributed by atoms with Crippen LogP contribution in [0.4, 0.5) is 11.4 Å². The summed E-state index contributed by atoms with van der Waals surface area (Å²) in [6.45, 7) is 6.65. The van der Waals surface area contributed by atoms with Crippen LogP contribution in [0.5, 0.6) is 0 Å². The van der Waals surface area contributed by atoms with Gasteiger partial charge in [-0.3, -0.25) is 4.79 Å². The van der Waals surface area contributed by atoms with Gasteiger partial charge in [0.2, 0.25) is 0 Å². The molecule has 166 valence electrons. The Balaban J connectivity index is 1.68. The highest BCUT2D eigenvalue weighted by molar-refractivity contribution is 6.07. The molecule has 0 saturated carbocycles. The molecule has 1 N–H and O–H groups in total. The predicted molar refractivity (Wildman–Crippen MR) is 134 cm³/mol. The quantitative estimate of drug-likeness (QED) is 0.431. The first-order valence-electron chi connectivity index (χ1n) is 12.0. The van der Waals surface area contributed by atoms with E-state index in [2.05, 4.69) is 80.7 Å². The average molecular weight is 427 g/mol. The van der Waals surface area contributed by atoms with E-state index in [1.807, 2.05) is 29.2 Å². The van der Waals surface area contributed by atoms with Crippen LogP contribution >= 0.6 is 0 Å². The van der Waals surface area contributed by atoms with Crippen LogP contribution in [0.25, 0.3) is 0 Å². The van der Waals surface area contributed by atoms with Crippen molar-refractivity contribution in [1.82, 2.24) is 0 Å². The van der Waals surface area contributed by atoms with Crippen molar-refractivity contribution in [2.45, 2.75) is 58.5 Å². The van der Waals surface area contributed by atoms with Gasteiger partial charge in [-0.1, -0.05) is 75.7 Å². The summed E-state index contributed by atoms with van der Waals surface area (Å²) in [6.07, 6.45) is 4.33. The number of carbonyl (C=O) groups excluding carboxylic acids is 1. The predicted octanol–water partition coefficient (Wildman–Crippen LogP) is 7.26. The molecule has 3 aromatic carbocycles. The molecule has 1 heterocycles. The molecule has 0 bridgehead atoms. The molecule has 3 nitrogen and oxygen atoms in total. The first-order chi connectivity index (χ1) is 15.6. The number of nitrogens with zero attached hydrogens (tertiary/aromatic N) is 1. The molecule has 1 aliphatic rings. The van der Waals surface area contributed by atoms with Gasteiger partial charge in [-0.05, 0) is 60.7 Å². The largest absolute Gasteiger partial charge is 0.378 e. The smallest absolute Gasteiger partial charge is 0.258 e. The number of rotatable bonds is 7. The number of fused-ring (bicyclic) bond motifs is 1. The Morgan fingerprint density at radius 2 is 1.59 bits per heavy atom. The van der Waals surface area contributed by atoms with Crippen molar-refractivity contribution in [3.8, 4) is 0 Å². The molecule has 3 atom stereocenters. The van der Waals surface area contributed by atoms with Crippen LogP contribution in [0.3, 0.4) is 0 Å². The second-order valence-electron chi connectivity index (χ2n) is 8.86. The maximum absolute atomic E-state index is 13.8. The van der Waals surface area contributed by atoms with E-state index in [0.717, 1.165) is 29.8 Å². The zero-order valence-corrected chi connectivity index (χ0v) is 19.4. The van der Waals surface area contributed by atoms with Gasteiger partial charge in [0.1, 0.15) is 0 Å². The number of nitrogens with one attached hydrogen (secondary N) is 1. The minimum Gasteiger partial charge on any atom is -0.378 e. The molecule has 2 unspecified atom stereocenters. The number of carbonyl (C=O) groups is 1. The fourth-order valence-corrected chi connectivity index (χ4v) is 4.96. The third-order valence-corrected chi connectivity index (χ3v) is 6.75. The fourth-order valence-electron chi connectivity index (χ4n) is 4.96. The Kier molecular flexibility index (Phi) is 6.94. The third-order valence-electron chi connectivity index (χ3n) is 6.75. The fraction of sp³-hybridized carbons (Fsp3) is 0.345. The van der Waals surface area contributed by atoms with E-state index in [9.17, 15) is 4.79 Å². The summed E-state index contributed by atoms with van der Waals surface area (Å²) in [5.74, 6) is 0.360. The molecule has 4 rings (SSSR count). The van der Waals surface area contributed by atoms with E-state index < -0.39 is 0 Å². The van der Waals surface area contributed by atoms with Crippen LogP contribution in [0.1, 0.15) is 67.6 Å². The third kappa shape index (κ3) is 4.43. The van der Waals surface area contributed by atoms with Crippen molar-refractivity contribution in [3.05, 3.63) is 95.6 Å². The number of hydrogen-bond acceptors (Lipinski definition) is 2. The molecule has 0 spiro atoms. The summed E-state index contributed by atoms with van der Waals surface area (Å²) < 4.78 is 0. The topological polar surface area (TPSA) is 32.3 Å². The zero-order chi connectivity index (χ0) is 22.5. The molecule has 0 saturated heterocycles. The zero-order valence-electron chi connectivity index (χ0n) is 19.4. The summed E-state index contributed by atoms with van der Waals surface area (Å²) in [6, 6.07) is 27.2. The van der Waals surface area contributed by atoms with Crippen LogP contribution in [-0.2, 0) is 6.42 Å². The Labute approximate surface area is 192 Å². The summed E-state index contributed by atoms with van der Waals surface area (Å²) in [5.41, 5.74) is 5.37. The summed E-state index contributed by atoms with van der Waals surface area (Å²) in [7, 11) is 0. The van der Waals surface area contributed by atoms with Crippen molar-refractivity contribution < 1.29 is 4.79 Å². The number of unbranched alkanes of at least 4 members (excludes halogenated alkanes) is 1. The summed E-state index contributed by atoms with van der Waals surface area (Å²) >= 11 is 0. The van der Waals surface area contributed by atoms with Gasteiger partial charge in [-0.15, -0.1) is 0 Å². The Hall–Kier alpha value is -3.07. The maximum Gasteiger partial charge on any atom is 0.258 e. The van der Waals surface area contributed by atoms with Gasteiger partial charge in [0.05, 0.1) is 6.04 Å². The number of amides is 1. The highest BCUT2D eigenvalue weighted by atomic mass is 16.2. The van der Waals surface area contributed by atoms with Crippen LogP contribution < -0.4 is 10.2 Å². The lowest BCUT2D eigenvalue weighted by Gasteiger charge is -2.45. The van der Waals surface area contributed by atoms with E-state index in [4.69, 9.17) is 0 Å². The number of benzene rings is 3. The van der Waals surface area contributed by atoms with Crippen molar-refractivity contribution in [3.63, 3.8) is 0 Å². The lowest BCUT2D eigenvalue weighted by molar-refractivity contribution is 0.0960. The van der Waals surface area contributed by atoms with E-state index >= 15 is 0 Å². The second kappa shape index (κ2) is 10.0. The van der Waals surface area contributed by atoms with E-state index in [1.165, 1.54) is 24.0 Å². The van der Waals surface area contributed by atoms with Gasteiger partial charge < -0.3 is 10.2 Å². The van der Waals surface area contributed by atoms with Crippen molar-refractivity contribution in [1.29, 1.82) is 0 Å². The maximum atomic E-state index is 13.8. The monoisotopic (exact) mass is 426 g/mol. The van der Waals surface area contributed by atoms with Crippen molar-refractivity contribution in [2.75, 3.05) is 10.2 Å². The minimum atomic E-state index is 0.0938. The van der Waals surface area contributed by atoms with Crippen LogP contribution in [0.15, 0.2) is 78.9 Å².